The molecule has 0 bridgehead atoms. The third-order valence-corrected chi connectivity index (χ3v) is 2.74. The van der Waals surface area contributed by atoms with Gasteiger partial charge in [0, 0.05) is 6.54 Å². The summed E-state index contributed by atoms with van der Waals surface area (Å²) in [6.45, 7) is 3.17. The van der Waals surface area contributed by atoms with Crippen LogP contribution in [0.15, 0.2) is 18.2 Å². The van der Waals surface area contributed by atoms with Crippen molar-refractivity contribution in [1.82, 2.24) is 5.32 Å². The maximum atomic E-state index is 13.2. The number of benzene rings is 1. The van der Waals surface area contributed by atoms with Gasteiger partial charge in [0.05, 0.1) is 5.56 Å². The van der Waals surface area contributed by atoms with E-state index >= 15 is 0 Å². The minimum Gasteiger partial charge on any atom is -0.480 e. The van der Waals surface area contributed by atoms with E-state index in [1.165, 1.54) is 0 Å². The molecule has 3 nitrogen and oxygen atoms in total. The Bertz CT molecular complexity index is 486. The van der Waals surface area contributed by atoms with Crippen LogP contribution in [0.4, 0.5) is 17.6 Å². The van der Waals surface area contributed by atoms with Gasteiger partial charge in [-0.15, -0.1) is 0 Å². The largest absolute Gasteiger partial charge is 0.480 e. The summed E-state index contributed by atoms with van der Waals surface area (Å²) in [6.07, 6.45) is -4.64. The van der Waals surface area contributed by atoms with E-state index in [0.29, 0.717) is 6.07 Å². The van der Waals surface area contributed by atoms with Gasteiger partial charge in [-0.2, -0.15) is 13.2 Å². The quantitative estimate of drug-likeness (QED) is 0.820. The number of halogens is 4. The van der Waals surface area contributed by atoms with Crippen LogP contribution in [0.1, 0.15) is 25.0 Å². The van der Waals surface area contributed by atoms with Gasteiger partial charge in [0.2, 0.25) is 0 Å². The summed E-state index contributed by atoms with van der Waals surface area (Å²) in [7, 11) is 0. The summed E-state index contributed by atoms with van der Waals surface area (Å²) >= 11 is 0. The predicted octanol–water partition coefficient (Wildman–Crippen LogP) is 3.04. The van der Waals surface area contributed by atoms with E-state index in [0.717, 1.165) is 12.1 Å². The van der Waals surface area contributed by atoms with Crippen LogP contribution < -0.4 is 5.32 Å². The molecule has 1 aromatic rings. The molecule has 0 saturated heterocycles. The molecule has 0 amide bonds. The molecule has 0 radical (unpaired) electrons. The second-order valence-corrected chi connectivity index (χ2v) is 4.79. The van der Waals surface area contributed by atoms with E-state index in [1.54, 1.807) is 13.8 Å². The fourth-order valence-electron chi connectivity index (χ4n) is 1.75. The Balaban J connectivity index is 2.88. The lowest BCUT2D eigenvalue weighted by Crippen LogP contribution is -2.40. The van der Waals surface area contributed by atoms with Crippen LogP contribution >= 0.6 is 0 Å². The molecule has 7 heteroatoms. The van der Waals surface area contributed by atoms with Crippen molar-refractivity contribution in [1.29, 1.82) is 0 Å². The number of hydrogen-bond donors (Lipinski definition) is 2. The Morgan fingerprint density at radius 2 is 1.90 bits per heavy atom. The number of aliphatic carboxylic acids is 1. The van der Waals surface area contributed by atoms with E-state index in [4.69, 9.17) is 5.11 Å². The van der Waals surface area contributed by atoms with Crippen molar-refractivity contribution in [3.05, 3.63) is 35.1 Å². The fourth-order valence-corrected chi connectivity index (χ4v) is 1.75. The smallest absolute Gasteiger partial charge is 0.416 e. The molecule has 0 heterocycles. The molecule has 0 fully saturated rings. The lowest BCUT2D eigenvalue weighted by Gasteiger charge is -2.18. The molecule has 1 rings (SSSR count). The fraction of sp³-hybridized carbons (Fsp3) is 0.462. The normalized spacial score (nSPS) is 13.6. The van der Waals surface area contributed by atoms with E-state index in [9.17, 15) is 22.4 Å². The molecular formula is C13H15F4NO2. The van der Waals surface area contributed by atoms with Crippen molar-refractivity contribution in [2.75, 3.05) is 0 Å². The number of nitrogens with one attached hydrogen (secondary N) is 1. The van der Waals surface area contributed by atoms with Crippen LogP contribution in [0.5, 0.6) is 0 Å². The first-order valence-electron chi connectivity index (χ1n) is 5.94. The summed E-state index contributed by atoms with van der Waals surface area (Å²) < 4.78 is 50.7. The maximum absolute atomic E-state index is 13.2. The van der Waals surface area contributed by atoms with Crippen LogP contribution in [0.25, 0.3) is 0 Å². The van der Waals surface area contributed by atoms with E-state index in [2.05, 4.69) is 5.32 Å². The molecule has 1 unspecified atom stereocenters. The Morgan fingerprint density at radius 3 is 2.35 bits per heavy atom. The zero-order chi connectivity index (χ0) is 15.5. The van der Waals surface area contributed by atoms with Gasteiger partial charge in [-0.1, -0.05) is 13.8 Å². The SMILES string of the molecule is CC(C)C(NCc1cc(F)cc(C(F)(F)F)c1)C(=O)O. The summed E-state index contributed by atoms with van der Waals surface area (Å²) in [5, 5.41) is 11.6. The Hall–Kier alpha value is -1.63. The van der Waals surface area contributed by atoms with Crippen molar-refractivity contribution in [2.24, 2.45) is 5.92 Å². The van der Waals surface area contributed by atoms with Gasteiger partial charge in [0.25, 0.3) is 0 Å². The van der Waals surface area contributed by atoms with Gasteiger partial charge in [-0.3, -0.25) is 4.79 Å². The lowest BCUT2D eigenvalue weighted by atomic mass is 10.0. The third-order valence-electron chi connectivity index (χ3n) is 2.74. The van der Waals surface area contributed by atoms with E-state index < -0.39 is 29.6 Å². The van der Waals surface area contributed by atoms with Gasteiger partial charge < -0.3 is 10.4 Å². The number of alkyl halides is 3. The summed E-state index contributed by atoms with van der Waals surface area (Å²) in [6, 6.07) is 1.24. The van der Waals surface area contributed by atoms with Gasteiger partial charge in [-0.25, -0.2) is 4.39 Å². The first kappa shape index (κ1) is 16.4. The van der Waals surface area contributed by atoms with E-state index in [1.807, 2.05) is 0 Å². The predicted molar refractivity (Wildman–Crippen MR) is 64.5 cm³/mol. The molecule has 0 aliphatic heterocycles. The third kappa shape index (κ3) is 4.48. The van der Waals surface area contributed by atoms with Gasteiger partial charge in [0.15, 0.2) is 0 Å². The lowest BCUT2D eigenvalue weighted by molar-refractivity contribution is -0.141. The molecule has 20 heavy (non-hydrogen) atoms. The van der Waals surface area contributed by atoms with Crippen LogP contribution in [-0.2, 0) is 17.5 Å². The average molecular weight is 293 g/mol. The van der Waals surface area contributed by atoms with Crippen molar-refractivity contribution >= 4 is 5.97 Å². The molecule has 1 aromatic carbocycles. The summed E-state index contributed by atoms with van der Waals surface area (Å²) in [5.74, 6) is -2.36. The summed E-state index contributed by atoms with van der Waals surface area (Å²) in [4.78, 5) is 10.9. The molecule has 112 valence electrons. The Kier molecular flexibility index (Phi) is 5.10. The molecule has 0 aliphatic carbocycles. The second-order valence-electron chi connectivity index (χ2n) is 4.79. The van der Waals surface area contributed by atoms with E-state index in [-0.39, 0.29) is 18.0 Å². The highest BCUT2D eigenvalue weighted by atomic mass is 19.4. The average Bonchev–Trinajstić information content (AvgIpc) is 2.26. The zero-order valence-electron chi connectivity index (χ0n) is 11.0. The van der Waals surface area contributed by atoms with Crippen LogP contribution in [0.3, 0.4) is 0 Å². The Labute approximate surface area is 113 Å². The van der Waals surface area contributed by atoms with Crippen LogP contribution in [0, 0.1) is 11.7 Å². The number of carboxylic acid groups (broad SMARTS) is 1. The molecule has 0 spiro atoms. The molecule has 0 aromatic heterocycles. The van der Waals surface area contributed by atoms with Crippen LogP contribution in [-0.4, -0.2) is 17.1 Å². The minimum atomic E-state index is -4.64. The van der Waals surface area contributed by atoms with Gasteiger partial charge >= 0.3 is 12.1 Å². The minimum absolute atomic E-state index is 0.0456. The van der Waals surface area contributed by atoms with Crippen molar-refractivity contribution in [2.45, 2.75) is 32.6 Å². The first-order chi connectivity index (χ1) is 9.11. The van der Waals surface area contributed by atoms with Crippen LogP contribution in [0.2, 0.25) is 0 Å². The van der Waals surface area contributed by atoms with Gasteiger partial charge in [-0.05, 0) is 29.7 Å². The highest BCUT2D eigenvalue weighted by Gasteiger charge is 2.31. The number of hydrogen-bond acceptors (Lipinski definition) is 2. The van der Waals surface area contributed by atoms with Crippen molar-refractivity contribution in [3.63, 3.8) is 0 Å². The second kappa shape index (κ2) is 6.21. The molecular weight excluding hydrogens is 278 g/mol. The topological polar surface area (TPSA) is 49.3 Å². The van der Waals surface area contributed by atoms with Crippen molar-refractivity contribution < 1.29 is 27.5 Å². The van der Waals surface area contributed by atoms with Gasteiger partial charge in [0.1, 0.15) is 11.9 Å². The number of carboxylic acids is 1. The Morgan fingerprint density at radius 1 is 1.30 bits per heavy atom. The molecule has 0 saturated carbocycles. The number of rotatable bonds is 5. The first-order valence-corrected chi connectivity index (χ1v) is 5.94. The maximum Gasteiger partial charge on any atom is 0.416 e. The highest BCUT2D eigenvalue weighted by Crippen LogP contribution is 2.30. The molecule has 0 aliphatic rings. The highest BCUT2D eigenvalue weighted by molar-refractivity contribution is 5.73. The zero-order valence-corrected chi connectivity index (χ0v) is 11.0. The van der Waals surface area contributed by atoms with Crippen molar-refractivity contribution in [3.8, 4) is 0 Å². The molecule has 2 N–H and O–H groups in total. The number of carbonyl (C=O) groups is 1. The summed E-state index contributed by atoms with van der Waals surface area (Å²) in [5.41, 5.74) is -1.05. The monoisotopic (exact) mass is 293 g/mol. The molecule has 1 atom stereocenters. The standard InChI is InChI=1S/C13H15F4NO2/c1-7(2)11(12(19)20)18-6-8-3-9(13(15,16)17)5-10(14)4-8/h3-5,7,11,18H,6H2,1-2H3,(H,19,20).